The summed E-state index contributed by atoms with van der Waals surface area (Å²) in [4.78, 5) is 26.8. The normalized spacial score (nSPS) is 22.2. The Morgan fingerprint density at radius 1 is 1.21 bits per heavy atom. The highest BCUT2D eigenvalue weighted by atomic mass is 32.2. The first-order valence-corrected chi connectivity index (χ1v) is 9.08. The third kappa shape index (κ3) is 3.65. The lowest BCUT2D eigenvalue weighted by Gasteiger charge is -2.35. The number of hydrogen-bond acceptors (Lipinski definition) is 5. The van der Waals surface area contributed by atoms with Crippen LogP contribution in [0.15, 0.2) is 29.2 Å². The van der Waals surface area contributed by atoms with Gasteiger partial charge in [0.05, 0.1) is 10.6 Å². The third-order valence-electron chi connectivity index (χ3n) is 4.81. The summed E-state index contributed by atoms with van der Waals surface area (Å²) in [5.74, 6) is -0.193. The first-order chi connectivity index (χ1) is 11.5. The number of nitrogens with one attached hydrogen (secondary N) is 1. The Bertz CT molecular complexity index is 663. The van der Waals surface area contributed by atoms with Crippen LogP contribution in [0.4, 0.5) is 10.5 Å². The van der Waals surface area contributed by atoms with E-state index in [4.69, 9.17) is 5.21 Å². The first-order valence-electron chi connectivity index (χ1n) is 8.26. The zero-order valence-electron chi connectivity index (χ0n) is 13.7. The molecule has 2 fully saturated rings. The topological polar surface area (TPSA) is 69.6 Å². The average molecular weight is 346 g/mol. The second kappa shape index (κ2) is 6.99. The fraction of sp³-hybridized carbons (Fsp3) is 0.444. The van der Waals surface area contributed by atoms with Gasteiger partial charge in [0.2, 0.25) is 0 Å². The van der Waals surface area contributed by atoms with Gasteiger partial charge in [-0.25, -0.2) is 0 Å². The van der Waals surface area contributed by atoms with Gasteiger partial charge in [-0.05, 0) is 53.8 Å². The Morgan fingerprint density at radius 3 is 2.50 bits per heavy atom. The van der Waals surface area contributed by atoms with E-state index in [1.807, 2.05) is 0 Å². The molecule has 1 saturated carbocycles. The molecule has 2 amide bonds. The molecule has 1 aromatic carbocycles. The highest BCUT2D eigenvalue weighted by molar-refractivity contribution is 8.18. The second-order valence-electron chi connectivity index (χ2n) is 6.87. The van der Waals surface area contributed by atoms with Crippen LogP contribution in [0.5, 0.6) is 0 Å². The molecule has 1 aliphatic heterocycles. The van der Waals surface area contributed by atoms with Gasteiger partial charge in [0, 0.05) is 6.54 Å². The Balaban J connectivity index is 1.74. The lowest BCUT2D eigenvalue weighted by atomic mass is 9.75. The van der Waals surface area contributed by atoms with Crippen molar-refractivity contribution in [2.24, 2.45) is 5.41 Å². The van der Waals surface area contributed by atoms with Crippen molar-refractivity contribution in [3.63, 3.8) is 0 Å². The Labute approximate surface area is 146 Å². The molecule has 0 atom stereocenters. The molecule has 1 saturated heterocycles. The van der Waals surface area contributed by atoms with E-state index in [9.17, 15) is 9.59 Å². The van der Waals surface area contributed by atoms with E-state index in [1.54, 1.807) is 30.3 Å². The van der Waals surface area contributed by atoms with E-state index in [0.29, 0.717) is 17.1 Å². The van der Waals surface area contributed by atoms with Gasteiger partial charge in [-0.15, -0.1) is 0 Å². The zero-order valence-corrected chi connectivity index (χ0v) is 14.6. The second-order valence-corrected chi connectivity index (χ2v) is 7.87. The van der Waals surface area contributed by atoms with Crippen LogP contribution in [0.25, 0.3) is 6.08 Å². The first kappa shape index (κ1) is 17.0. The molecule has 0 radical (unpaired) electrons. The predicted octanol–water partition coefficient (Wildman–Crippen LogP) is 4.49. The van der Waals surface area contributed by atoms with Crippen molar-refractivity contribution in [3.8, 4) is 0 Å². The van der Waals surface area contributed by atoms with Crippen LogP contribution < -0.4 is 5.48 Å². The molecule has 128 valence electrons. The number of benzene rings is 1. The van der Waals surface area contributed by atoms with E-state index < -0.39 is 0 Å². The molecule has 2 aliphatic rings. The number of hydrogen-bond donors (Lipinski definition) is 2. The van der Waals surface area contributed by atoms with Crippen molar-refractivity contribution in [2.45, 2.75) is 39.0 Å². The zero-order chi connectivity index (χ0) is 17.2. The molecule has 0 bridgehead atoms. The number of carbonyl (C=O) groups excluding carboxylic acids is 2. The quantitative estimate of drug-likeness (QED) is 0.621. The van der Waals surface area contributed by atoms with Gasteiger partial charge in [0.15, 0.2) is 0 Å². The number of nitrogens with zero attached hydrogens (tertiary/aromatic N) is 1. The molecule has 6 heteroatoms. The summed E-state index contributed by atoms with van der Waals surface area (Å²) in [6.07, 6.45) is 7.47. The highest BCUT2D eigenvalue weighted by Gasteiger charge is 2.40. The Kier molecular flexibility index (Phi) is 4.96. The Hall–Kier alpha value is -1.79. The maximum atomic E-state index is 12.6. The SMILES string of the molecule is CC1(CN2C(=O)S/C(=C\c3ccc(NO)cc3)C2=O)CCCCC1. The highest BCUT2D eigenvalue weighted by Crippen LogP contribution is 2.40. The van der Waals surface area contributed by atoms with Crippen LogP contribution in [0, 0.1) is 5.41 Å². The van der Waals surface area contributed by atoms with Crippen molar-refractivity contribution in [2.75, 3.05) is 12.0 Å². The van der Waals surface area contributed by atoms with Gasteiger partial charge >= 0.3 is 0 Å². The summed E-state index contributed by atoms with van der Waals surface area (Å²) in [6, 6.07) is 6.99. The summed E-state index contributed by atoms with van der Waals surface area (Å²) in [5, 5.41) is 8.65. The molecule has 1 aromatic rings. The van der Waals surface area contributed by atoms with E-state index in [-0.39, 0.29) is 16.6 Å². The fourth-order valence-corrected chi connectivity index (χ4v) is 4.23. The van der Waals surface area contributed by atoms with Crippen LogP contribution >= 0.6 is 11.8 Å². The Morgan fingerprint density at radius 2 is 1.88 bits per heavy atom. The number of imide groups is 1. The lowest BCUT2D eigenvalue weighted by Crippen LogP contribution is -2.39. The van der Waals surface area contributed by atoms with Crippen molar-refractivity contribution in [3.05, 3.63) is 34.7 Å². The van der Waals surface area contributed by atoms with E-state index in [1.165, 1.54) is 24.2 Å². The minimum Gasteiger partial charge on any atom is -0.291 e. The maximum absolute atomic E-state index is 12.6. The van der Waals surface area contributed by atoms with Gasteiger partial charge in [-0.1, -0.05) is 38.3 Å². The summed E-state index contributed by atoms with van der Waals surface area (Å²) in [7, 11) is 0. The van der Waals surface area contributed by atoms with Crippen LogP contribution in [-0.4, -0.2) is 27.8 Å². The molecule has 3 rings (SSSR count). The van der Waals surface area contributed by atoms with Crippen LogP contribution in [-0.2, 0) is 4.79 Å². The molecule has 1 heterocycles. The van der Waals surface area contributed by atoms with E-state index in [2.05, 4.69) is 12.4 Å². The van der Waals surface area contributed by atoms with Crippen LogP contribution in [0.1, 0.15) is 44.6 Å². The van der Waals surface area contributed by atoms with Crippen molar-refractivity contribution < 1.29 is 14.8 Å². The van der Waals surface area contributed by atoms with Gasteiger partial charge in [-0.2, -0.15) is 0 Å². The minimum atomic E-state index is -0.193. The predicted molar refractivity (Wildman–Crippen MR) is 95.7 cm³/mol. The molecule has 2 N–H and O–H groups in total. The number of anilines is 1. The van der Waals surface area contributed by atoms with Crippen molar-refractivity contribution in [1.29, 1.82) is 0 Å². The largest absolute Gasteiger partial charge is 0.293 e. The van der Waals surface area contributed by atoms with Crippen molar-refractivity contribution >= 4 is 34.7 Å². The molecule has 0 spiro atoms. The number of thioether (sulfide) groups is 1. The third-order valence-corrected chi connectivity index (χ3v) is 5.72. The molecule has 0 aromatic heterocycles. The standard InChI is InChI=1S/C18H22N2O3S/c1-18(9-3-2-4-10-18)12-20-16(21)15(24-17(20)22)11-13-5-7-14(19-23)8-6-13/h5-8,11,19,23H,2-4,9-10,12H2,1H3/b15-11-. The van der Waals surface area contributed by atoms with Crippen LogP contribution in [0.3, 0.4) is 0 Å². The maximum Gasteiger partial charge on any atom is 0.293 e. The molecule has 24 heavy (non-hydrogen) atoms. The minimum absolute atomic E-state index is 0.0496. The lowest BCUT2D eigenvalue weighted by molar-refractivity contribution is -0.124. The molecular formula is C18H22N2O3S. The van der Waals surface area contributed by atoms with E-state index in [0.717, 1.165) is 30.2 Å². The van der Waals surface area contributed by atoms with Gasteiger partial charge in [-0.3, -0.25) is 25.2 Å². The van der Waals surface area contributed by atoms with E-state index >= 15 is 0 Å². The summed E-state index contributed by atoms with van der Waals surface area (Å²) in [5.41, 5.74) is 3.51. The van der Waals surface area contributed by atoms with Crippen molar-refractivity contribution in [1.82, 2.24) is 4.90 Å². The smallest absolute Gasteiger partial charge is 0.291 e. The summed E-state index contributed by atoms with van der Waals surface area (Å²) >= 11 is 1.01. The molecule has 0 unspecified atom stereocenters. The number of amides is 2. The number of rotatable bonds is 4. The average Bonchev–Trinajstić information content (AvgIpc) is 2.83. The molecular weight excluding hydrogens is 324 g/mol. The number of carbonyl (C=O) groups is 2. The summed E-state index contributed by atoms with van der Waals surface area (Å²) in [6.45, 7) is 2.70. The monoisotopic (exact) mass is 346 g/mol. The van der Waals surface area contributed by atoms with Crippen LogP contribution in [0.2, 0.25) is 0 Å². The molecule has 5 nitrogen and oxygen atoms in total. The molecule has 1 aliphatic carbocycles. The van der Waals surface area contributed by atoms with Gasteiger partial charge in [0.1, 0.15) is 0 Å². The van der Waals surface area contributed by atoms with Gasteiger partial charge in [0.25, 0.3) is 11.1 Å². The summed E-state index contributed by atoms with van der Waals surface area (Å²) < 4.78 is 0. The fourth-order valence-electron chi connectivity index (χ4n) is 3.39. The van der Waals surface area contributed by atoms with Gasteiger partial charge < -0.3 is 0 Å².